The maximum absolute atomic E-state index is 11.0. The van der Waals surface area contributed by atoms with Gasteiger partial charge in [-0.15, -0.1) is 0 Å². The zero-order valence-electron chi connectivity index (χ0n) is 4.07. The Labute approximate surface area is 44.1 Å². The molecule has 0 aliphatic rings. The summed E-state index contributed by atoms with van der Waals surface area (Å²) in [5, 5.41) is 0. The minimum absolute atomic E-state index is 0.655. The van der Waals surface area contributed by atoms with Crippen LogP contribution >= 0.6 is 8.07 Å². The van der Waals surface area contributed by atoms with Crippen LogP contribution in [-0.4, -0.2) is 6.61 Å². The van der Waals surface area contributed by atoms with Crippen LogP contribution in [0.5, 0.6) is 0 Å². The molecule has 0 aliphatic carbocycles. The van der Waals surface area contributed by atoms with Crippen molar-refractivity contribution in [2.45, 2.75) is 6.92 Å². The van der Waals surface area contributed by atoms with Crippen molar-refractivity contribution in [2.75, 3.05) is 6.61 Å². The van der Waals surface area contributed by atoms with Gasteiger partial charge in [-0.1, -0.05) is 0 Å². The molecule has 0 bridgehead atoms. The Morgan fingerprint density at radius 3 is 1.62 bits per heavy atom. The van der Waals surface area contributed by atoms with Crippen molar-refractivity contribution in [1.82, 2.24) is 0 Å². The predicted molar refractivity (Wildman–Crippen MR) is 23.0 cm³/mol. The molecule has 0 saturated carbocycles. The summed E-state index contributed by atoms with van der Waals surface area (Å²) in [4.78, 5) is 0. The van der Waals surface area contributed by atoms with E-state index >= 15 is 0 Å². The first-order valence-corrected chi connectivity index (χ1v) is 3.57. The van der Waals surface area contributed by atoms with E-state index in [4.69, 9.17) is 0 Å². The van der Waals surface area contributed by atoms with Gasteiger partial charge in [0.1, 0.15) is 0 Å². The molecule has 0 aromatic carbocycles. The summed E-state index contributed by atoms with van der Waals surface area (Å²) in [7, 11) is -7.60. The number of hydrogen-bond acceptors (Lipinski definition) is 1. The van der Waals surface area contributed by atoms with Crippen molar-refractivity contribution in [2.24, 2.45) is 0 Å². The van der Waals surface area contributed by atoms with Crippen molar-refractivity contribution < 1.29 is 21.3 Å². The quantitative estimate of drug-likeness (QED) is 0.436. The van der Waals surface area contributed by atoms with E-state index < -0.39 is 14.7 Å². The van der Waals surface area contributed by atoms with Crippen LogP contribution in [0.2, 0.25) is 0 Å². The molecule has 6 heteroatoms. The van der Waals surface area contributed by atoms with Crippen LogP contribution in [0.1, 0.15) is 6.92 Å². The first kappa shape index (κ1) is 8.11. The van der Waals surface area contributed by atoms with Crippen LogP contribution in [0.3, 0.4) is 0 Å². The van der Waals surface area contributed by atoms with Crippen LogP contribution in [-0.2, 0) is 4.52 Å². The molecule has 0 aromatic heterocycles. The monoisotopic (exact) mass is 152 g/mol. The molecule has 8 heavy (non-hydrogen) atoms. The van der Waals surface area contributed by atoms with E-state index in [9.17, 15) is 16.8 Å². The fourth-order valence-electron chi connectivity index (χ4n) is 0.195. The zero-order chi connectivity index (χ0) is 6.86. The first-order valence-electron chi connectivity index (χ1n) is 1.85. The molecule has 0 radical (unpaired) electrons. The van der Waals surface area contributed by atoms with E-state index in [0.717, 1.165) is 6.92 Å². The van der Waals surface area contributed by atoms with E-state index in [1.165, 1.54) is 0 Å². The SMILES string of the molecule is CCOP(F)(F)(F)F. The molecule has 1 nitrogen and oxygen atoms in total. The van der Waals surface area contributed by atoms with Crippen LogP contribution in [0.4, 0.5) is 16.8 Å². The molecule has 0 unspecified atom stereocenters. The van der Waals surface area contributed by atoms with Crippen molar-refractivity contribution >= 4 is 8.07 Å². The van der Waals surface area contributed by atoms with Crippen molar-refractivity contribution in [1.29, 1.82) is 0 Å². The summed E-state index contributed by atoms with van der Waals surface area (Å²) in [6.45, 7) is 0.428. The summed E-state index contributed by atoms with van der Waals surface area (Å²) in [6, 6.07) is 0. The van der Waals surface area contributed by atoms with E-state index in [2.05, 4.69) is 4.52 Å². The summed E-state index contributed by atoms with van der Waals surface area (Å²) in [6.07, 6.45) is 0. The van der Waals surface area contributed by atoms with Gasteiger partial charge in [0.15, 0.2) is 0 Å². The van der Waals surface area contributed by atoms with Gasteiger partial charge in [-0.2, -0.15) is 0 Å². The normalized spacial score (nSPS) is 17.4. The Balaban J connectivity index is 3.73. The predicted octanol–water partition coefficient (Wildman–Crippen LogP) is 3.03. The number of hydrogen-bond donors (Lipinski definition) is 0. The molecule has 0 aromatic rings. The molecule has 0 rings (SSSR count). The molecule has 0 atom stereocenters. The number of halogens is 4. The van der Waals surface area contributed by atoms with Gasteiger partial charge >= 0.3 is 42.9 Å². The molecule has 0 spiro atoms. The second-order valence-corrected chi connectivity index (χ2v) is 2.65. The minimum atomic E-state index is -7.60. The Hall–Kier alpha value is 0.110. The van der Waals surface area contributed by atoms with Crippen LogP contribution in [0.25, 0.3) is 0 Å². The van der Waals surface area contributed by atoms with Gasteiger partial charge < -0.3 is 0 Å². The van der Waals surface area contributed by atoms with Gasteiger partial charge in [0.05, 0.1) is 0 Å². The Morgan fingerprint density at radius 2 is 1.62 bits per heavy atom. The summed E-state index contributed by atoms with van der Waals surface area (Å²) >= 11 is 0. The van der Waals surface area contributed by atoms with Crippen LogP contribution < -0.4 is 0 Å². The van der Waals surface area contributed by atoms with E-state index in [1.54, 1.807) is 0 Å². The Morgan fingerprint density at radius 1 is 1.25 bits per heavy atom. The summed E-state index contributed by atoms with van der Waals surface area (Å²) in [5.41, 5.74) is 0. The van der Waals surface area contributed by atoms with Gasteiger partial charge in [-0.25, -0.2) is 0 Å². The number of rotatable bonds is 2. The van der Waals surface area contributed by atoms with Crippen LogP contribution in [0.15, 0.2) is 0 Å². The second-order valence-electron chi connectivity index (χ2n) is 1.08. The third-order valence-corrected chi connectivity index (χ3v) is 0.973. The standard InChI is InChI=1S/C2H5F4OP/c1-2-7-8(3,4,5)6/h2H2,1H3. The molecule has 0 saturated heterocycles. The van der Waals surface area contributed by atoms with Gasteiger partial charge in [-0.05, 0) is 0 Å². The van der Waals surface area contributed by atoms with Gasteiger partial charge in [0.25, 0.3) is 0 Å². The van der Waals surface area contributed by atoms with Crippen LogP contribution in [0, 0.1) is 0 Å². The molecule has 0 N–H and O–H groups in total. The van der Waals surface area contributed by atoms with E-state index in [-0.39, 0.29) is 0 Å². The second kappa shape index (κ2) is 1.81. The molecule has 0 aliphatic heterocycles. The first-order chi connectivity index (χ1) is 3.31. The molecule has 52 valence electrons. The fourth-order valence-corrected chi connectivity index (χ4v) is 0.586. The average Bonchev–Trinajstić information content (AvgIpc) is 1.25. The van der Waals surface area contributed by atoms with E-state index in [0.29, 0.717) is 0 Å². The van der Waals surface area contributed by atoms with E-state index in [1.807, 2.05) is 0 Å². The molecule has 0 amide bonds. The van der Waals surface area contributed by atoms with Crippen molar-refractivity contribution in [3.63, 3.8) is 0 Å². The van der Waals surface area contributed by atoms with Crippen molar-refractivity contribution in [3.05, 3.63) is 0 Å². The van der Waals surface area contributed by atoms with Gasteiger partial charge in [0.2, 0.25) is 0 Å². The molecular formula is C2H5F4OP. The summed E-state index contributed by atoms with van der Waals surface area (Å²) in [5.74, 6) is 0. The molecule has 0 heterocycles. The Kier molecular flexibility index (Phi) is 1.83. The summed E-state index contributed by atoms with van der Waals surface area (Å²) < 4.78 is 46.8. The average molecular weight is 152 g/mol. The molecular weight excluding hydrogens is 147 g/mol. The molecule has 0 fully saturated rings. The zero-order valence-corrected chi connectivity index (χ0v) is 4.97. The Bertz CT molecular complexity index is 76.5. The third kappa shape index (κ3) is 6.11. The topological polar surface area (TPSA) is 9.23 Å². The van der Waals surface area contributed by atoms with Crippen molar-refractivity contribution in [3.8, 4) is 0 Å². The third-order valence-electron chi connectivity index (χ3n) is 0.324. The fraction of sp³-hybridized carbons (Fsp3) is 1.00. The maximum atomic E-state index is 11.0. The van der Waals surface area contributed by atoms with Gasteiger partial charge in [-0.3, -0.25) is 0 Å². The van der Waals surface area contributed by atoms with Gasteiger partial charge in [0, 0.05) is 0 Å².